The molecule has 3 aromatic carbocycles. The first-order valence-electron chi connectivity index (χ1n) is 17.3. The van der Waals surface area contributed by atoms with Crippen molar-refractivity contribution in [3.05, 3.63) is 91.0 Å². The second-order valence-corrected chi connectivity index (χ2v) is 22.5. The third-order valence-electron chi connectivity index (χ3n) is 9.23. The van der Waals surface area contributed by atoms with Gasteiger partial charge in [0.1, 0.15) is 0 Å². The number of hydrogen-bond donors (Lipinski definition) is 1. The molecule has 1 unspecified atom stereocenters. The minimum absolute atomic E-state index is 0.0516. The summed E-state index contributed by atoms with van der Waals surface area (Å²) in [5.41, 5.74) is -0.0516. The summed E-state index contributed by atoms with van der Waals surface area (Å²) < 4.78 is 22.4. The molecule has 0 radical (unpaired) electrons. The van der Waals surface area contributed by atoms with Crippen LogP contribution in [0.1, 0.15) is 86.5 Å². The van der Waals surface area contributed by atoms with Crippen molar-refractivity contribution in [3.63, 3.8) is 0 Å². The van der Waals surface area contributed by atoms with Crippen molar-refractivity contribution in [1.82, 2.24) is 9.99 Å². The predicted octanol–water partition coefficient (Wildman–Crippen LogP) is 8.30. The van der Waals surface area contributed by atoms with Crippen LogP contribution in [0.15, 0.2) is 91.0 Å². The molecule has 1 amide bonds. The molecule has 0 aliphatic carbocycles. The maximum Gasteiger partial charge on any atom is 0.0529 e. The van der Waals surface area contributed by atoms with E-state index in [0.29, 0.717) is 26.1 Å². The van der Waals surface area contributed by atoms with Crippen LogP contribution in [0.2, 0.25) is 0 Å². The Bertz CT molecular complexity index is 1300. The summed E-state index contributed by atoms with van der Waals surface area (Å²) >= 11 is 0. The quantitative estimate of drug-likeness (QED) is 0.139. The molecule has 0 saturated carbocycles. The average Bonchev–Trinajstić information content (AvgIpc) is 3.04. The zero-order valence-corrected chi connectivity index (χ0v) is 31.0. The van der Waals surface area contributed by atoms with E-state index in [2.05, 4.69) is 122 Å². The molecule has 1 heterocycles. The number of benzene rings is 3. The van der Waals surface area contributed by atoms with E-state index in [9.17, 15) is 9.36 Å². The van der Waals surface area contributed by atoms with Crippen molar-refractivity contribution < 1.29 is 13.9 Å². The molecule has 0 aromatic heterocycles. The Morgan fingerprint density at radius 2 is 1.22 bits per heavy atom. The van der Waals surface area contributed by atoms with Crippen molar-refractivity contribution in [1.29, 1.82) is 0 Å². The normalized spacial score (nSPS) is 16.9. The number of unbranched alkanes of at least 4 members (excludes halogenated alkanes) is 3. The van der Waals surface area contributed by atoms with Gasteiger partial charge in [0.15, 0.2) is 0 Å². The summed E-state index contributed by atoms with van der Waals surface area (Å²) in [7, 11) is -5.21. The summed E-state index contributed by atoms with van der Waals surface area (Å²) in [6.07, 6.45) is 7.52. The summed E-state index contributed by atoms with van der Waals surface area (Å²) in [5, 5.41) is 7.19. The Kier molecular flexibility index (Phi) is 12.9. The third kappa shape index (κ3) is 9.41. The third-order valence-corrected chi connectivity index (χ3v) is 17.6. The predicted molar refractivity (Wildman–Crippen MR) is 200 cm³/mol. The molecule has 46 heavy (non-hydrogen) atoms. The molecule has 1 N–H and O–H groups in total. The first kappa shape index (κ1) is 36.5. The van der Waals surface area contributed by atoms with E-state index in [1.54, 1.807) is 0 Å². The van der Waals surface area contributed by atoms with Gasteiger partial charge in [0.05, 0.1) is 11.8 Å². The minimum Gasteiger partial charge on any atom is -0.0498 e. The van der Waals surface area contributed by atoms with Gasteiger partial charge in [-0.15, -0.1) is 0 Å². The van der Waals surface area contributed by atoms with E-state index in [4.69, 9.17) is 4.52 Å². The number of nitrogens with zero attached hydrogens (tertiary/aromatic N) is 1. The molecule has 1 saturated heterocycles. The Labute approximate surface area is 279 Å². The fourth-order valence-electron chi connectivity index (χ4n) is 6.68. The van der Waals surface area contributed by atoms with Gasteiger partial charge in [-0.3, -0.25) is 4.57 Å². The molecule has 1 fully saturated rings. The Balaban J connectivity index is 1.27. The van der Waals surface area contributed by atoms with Crippen molar-refractivity contribution in [2.24, 2.45) is 5.41 Å². The van der Waals surface area contributed by atoms with E-state index < -0.39 is 19.9 Å². The summed E-state index contributed by atoms with van der Waals surface area (Å²) in [4.78, 5) is 12.9. The number of amides is 1. The number of carbonyl (C=O) groups excluding carboxylic acids is 1. The van der Waals surface area contributed by atoms with Gasteiger partial charge in [0.2, 0.25) is 0 Å². The molecule has 1 atom stereocenters. The standard InChI is InChI=1S/C39H58N2O3P2/c1-38(2,3)32-44-46(43,39(4,5)6)41-29-27-33(28-30-41)40-37(42)26-18-7-8-19-31-45(34-20-12-9-13-21-34,35-22-14-10-15-23-35)36-24-16-11-17-25-36/h9-17,20-25,33,45H,7-8,18-19,26-32H2,1-6H3,(H,40,42). The molecule has 5 nitrogen and oxygen atoms in total. The molecule has 252 valence electrons. The summed E-state index contributed by atoms with van der Waals surface area (Å²) in [6, 6.07) is 33.5. The monoisotopic (exact) mass is 664 g/mol. The molecule has 1 aliphatic rings. The number of carbonyl (C=O) groups is 1. The van der Waals surface area contributed by atoms with Gasteiger partial charge in [-0.2, -0.15) is 0 Å². The van der Waals surface area contributed by atoms with Crippen LogP contribution in [0.3, 0.4) is 0 Å². The zero-order chi connectivity index (χ0) is 33.3. The van der Waals surface area contributed by atoms with Gasteiger partial charge in [0.25, 0.3) is 7.52 Å². The van der Waals surface area contributed by atoms with Crippen molar-refractivity contribution >= 4 is 36.6 Å². The SMILES string of the molecule is CC(C)(C)COP(=O)(N1CCC(NC(=O)CCCCCC[PH](c2ccccc2)(c2ccccc2)c2ccccc2)CC1)C(C)(C)C. The number of hydrogen-bond acceptors (Lipinski definition) is 3. The van der Waals surface area contributed by atoms with Crippen molar-refractivity contribution in [3.8, 4) is 0 Å². The number of rotatable bonds is 14. The second-order valence-electron chi connectivity index (χ2n) is 15.2. The van der Waals surface area contributed by atoms with Crippen molar-refractivity contribution in [2.75, 3.05) is 25.9 Å². The van der Waals surface area contributed by atoms with Crippen LogP contribution in [0.5, 0.6) is 0 Å². The maximum atomic E-state index is 14.1. The first-order valence-corrected chi connectivity index (χ1v) is 21.1. The van der Waals surface area contributed by atoms with Gasteiger partial charge in [-0.05, 0) is 26.2 Å². The molecule has 4 rings (SSSR count). The Morgan fingerprint density at radius 3 is 1.65 bits per heavy atom. The van der Waals surface area contributed by atoms with Crippen LogP contribution in [0, 0.1) is 5.41 Å². The topological polar surface area (TPSA) is 58.6 Å². The van der Waals surface area contributed by atoms with Gasteiger partial charge in [-0.25, -0.2) is 0 Å². The molecule has 1 aliphatic heterocycles. The largest absolute Gasteiger partial charge is 0.0529 e. The van der Waals surface area contributed by atoms with Gasteiger partial charge in [-0.1, -0.05) is 20.8 Å². The van der Waals surface area contributed by atoms with Gasteiger partial charge in [0, 0.05) is 0 Å². The number of piperidine rings is 1. The molecular formula is C39H58N2O3P2. The molecular weight excluding hydrogens is 606 g/mol. The fraction of sp³-hybridized carbons (Fsp3) is 0.513. The van der Waals surface area contributed by atoms with Crippen LogP contribution >= 0.6 is 14.8 Å². The maximum absolute atomic E-state index is 14.1. The van der Waals surface area contributed by atoms with Crippen LogP contribution in [0.4, 0.5) is 0 Å². The van der Waals surface area contributed by atoms with Crippen LogP contribution < -0.4 is 21.2 Å². The zero-order valence-electron chi connectivity index (χ0n) is 29.1. The summed E-state index contributed by atoms with van der Waals surface area (Å²) in [6.45, 7) is 14.2. The van der Waals surface area contributed by atoms with E-state index >= 15 is 0 Å². The molecule has 0 bridgehead atoms. The van der Waals surface area contributed by atoms with E-state index in [1.165, 1.54) is 15.9 Å². The van der Waals surface area contributed by atoms with E-state index in [0.717, 1.165) is 44.7 Å². The fourth-order valence-corrected chi connectivity index (χ4v) is 14.3. The van der Waals surface area contributed by atoms with Crippen LogP contribution in [-0.4, -0.2) is 47.6 Å². The second kappa shape index (κ2) is 16.2. The summed E-state index contributed by atoms with van der Waals surface area (Å²) in [5.74, 6) is 0.142. The van der Waals surface area contributed by atoms with Gasteiger partial charge < -0.3 is 4.52 Å². The molecule has 7 heteroatoms. The number of nitrogens with one attached hydrogen (secondary N) is 1. The molecule has 3 aromatic rings. The smallest absolute Gasteiger partial charge is 0.0498 e. The van der Waals surface area contributed by atoms with E-state index in [1.807, 2.05) is 20.8 Å². The van der Waals surface area contributed by atoms with E-state index in [-0.39, 0.29) is 17.4 Å². The molecule has 0 spiro atoms. The van der Waals surface area contributed by atoms with Gasteiger partial charge >= 0.3 is 205 Å². The van der Waals surface area contributed by atoms with Crippen LogP contribution in [-0.2, 0) is 13.9 Å². The minimum atomic E-state index is -3.01. The Morgan fingerprint density at radius 1 is 0.761 bits per heavy atom. The van der Waals surface area contributed by atoms with Crippen molar-refractivity contribution in [2.45, 2.75) is 97.7 Å². The average molecular weight is 665 g/mol. The first-order chi connectivity index (χ1) is 21.8. The van der Waals surface area contributed by atoms with Crippen LogP contribution in [0.25, 0.3) is 0 Å². The Hall–Kier alpha value is -2.29.